The molecule has 3 nitrogen and oxygen atoms in total. The second kappa shape index (κ2) is 8.19. The zero-order valence-corrected chi connectivity index (χ0v) is 15.4. The molecule has 2 aromatic carbocycles. The highest BCUT2D eigenvalue weighted by atomic mass is 35.5. The molecule has 2 aromatic rings. The van der Waals surface area contributed by atoms with Gasteiger partial charge < -0.3 is 4.90 Å². The summed E-state index contributed by atoms with van der Waals surface area (Å²) in [5.41, 5.74) is 3.45. The highest BCUT2D eigenvalue weighted by molar-refractivity contribution is 6.33. The van der Waals surface area contributed by atoms with E-state index in [9.17, 15) is 5.26 Å². The fourth-order valence-electron chi connectivity index (χ4n) is 2.31. The monoisotopic (exact) mass is 359 g/mol. The van der Waals surface area contributed by atoms with Crippen LogP contribution in [0.2, 0.25) is 10.0 Å². The summed E-state index contributed by atoms with van der Waals surface area (Å²) in [6.07, 6.45) is 1.75. The average molecular weight is 360 g/mol. The smallest absolute Gasteiger partial charge is 0.0965 e. The van der Waals surface area contributed by atoms with E-state index in [1.807, 2.05) is 50.1 Å². The number of rotatable bonds is 5. The van der Waals surface area contributed by atoms with Crippen molar-refractivity contribution in [2.24, 2.45) is 4.99 Å². The molecule has 0 heterocycles. The van der Waals surface area contributed by atoms with Gasteiger partial charge in [0.1, 0.15) is 0 Å². The van der Waals surface area contributed by atoms with Gasteiger partial charge in [0.15, 0.2) is 0 Å². The first-order valence-electron chi connectivity index (χ1n) is 7.65. The predicted molar refractivity (Wildman–Crippen MR) is 102 cm³/mol. The fraction of sp³-hybridized carbons (Fsp3) is 0.263. The zero-order chi connectivity index (χ0) is 17.7. The van der Waals surface area contributed by atoms with Crippen LogP contribution in [-0.4, -0.2) is 24.8 Å². The van der Waals surface area contributed by atoms with Crippen LogP contribution in [0.1, 0.15) is 29.5 Å². The first-order chi connectivity index (χ1) is 11.5. The van der Waals surface area contributed by atoms with Crippen LogP contribution in [0.3, 0.4) is 0 Å². The molecule has 0 aliphatic heterocycles. The van der Waals surface area contributed by atoms with Crippen molar-refractivity contribution in [2.75, 3.05) is 13.6 Å². The average Bonchev–Trinajstić information content (AvgIpc) is 2.58. The van der Waals surface area contributed by atoms with Crippen LogP contribution < -0.4 is 0 Å². The maximum atomic E-state index is 9.63. The second-order valence-corrected chi connectivity index (χ2v) is 6.44. The van der Waals surface area contributed by atoms with Gasteiger partial charge in [0.25, 0.3) is 0 Å². The molecule has 0 amide bonds. The minimum Gasteiger partial charge on any atom is -0.366 e. The van der Waals surface area contributed by atoms with Crippen molar-refractivity contribution >= 4 is 35.2 Å². The molecule has 124 valence electrons. The highest BCUT2D eigenvalue weighted by Gasteiger charge is 2.17. The minimum atomic E-state index is -0.392. The lowest BCUT2D eigenvalue weighted by Gasteiger charge is -2.15. The summed E-state index contributed by atoms with van der Waals surface area (Å²) in [5, 5.41) is 10.8. The Balaban J connectivity index is 2.40. The van der Waals surface area contributed by atoms with Crippen molar-refractivity contribution in [2.45, 2.75) is 19.8 Å². The molecule has 1 unspecified atom stereocenters. The summed E-state index contributed by atoms with van der Waals surface area (Å²) in [7, 11) is 1.95. The number of nitriles is 1. The number of nitrogens with zero attached hydrogens (tertiary/aromatic N) is 3. The number of aliphatic imine (C=N–C) groups is 1. The second-order valence-electron chi connectivity index (χ2n) is 5.59. The van der Waals surface area contributed by atoms with Gasteiger partial charge in [0.05, 0.1) is 29.0 Å². The minimum absolute atomic E-state index is 0.392. The number of benzene rings is 2. The number of halogens is 2. The molecule has 5 heteroatoms. The van der Waals surface area contributed by atoms with Gasteiger partial charge in [-0.2, -0.15) is 5.26 Å². The van der Waals surface area contributed by atoms with Crippen molar-refractivity contribution in [1.82, 2.24) is 4.90 Å². The molecule has 0 N–H and O–H groups in total. The molecular weight excluding hydrogens is 341 g/mol. The third-order valence-electron chi connectivity index (χ3n) is 3.87. The Kier molecular flexibility index (Phi) is 6.25. The molecular formula is C19H19Cl2N3. The highest BCUT2D eigenvalue weighted by Crippen LogP contribution is 2.34. The Morgan fingerprint density at radius 1 is 1.25 bits per heavy atom. The molecule has 0 saturated heterocycles. The first-order valence-corrected chi connectivity index (χ1v) is 8.41. The number of hydrogen-bond acceptors (Lipinski definition) is 2. The molecule has 0 radical (unpaired) electrons. The quantitative estimate of drug-likeness (QED) is 0.517. The van der Waals surface area contributed by atoms with Crippen LogP contribution in [0.4, 0.5) is 5.69 Å². The van der Waals surface area contributed by atoms with Gasteiger partial charge in [0, 0.05) is 18.6 Å². The van der Waals surface area contributed by atoms with Crippen LogP contribution in [0, 0.1) is 18.3 Å². The van der Waals surface area contributed by atoms with E-state index < -0.39 is 5.92 Å². The summed E-state index contributed by atoms with van der Waals surface area (Å²) in [4.78, 5) is 6.38. The summed E-state index contributed by atoms with van der Waals surface area (Å²) in [5.74, 6) is -0.392. The fourth-order valence-corrected chi connectivity index (χ4v) is 2.66. The van der Waals surface area contributed by atoms with Crippen LogP contribution in [0.25, 0.3) is 0 Å². The van der Waals surface area contributed by atoms with Gasteiger partial charge in [-0.05, 0) is 54.8 Å². The van der Waals surface area contributed by atoms with Crippen molar-refractivity contribution in [3.63, 3.8) is 0 Å². The largest absolute Gasteiger partial charge is 0.366 e. The summed E-state index contributed by atoms with van der Waals surface area (Å²) in [6.45, 7) is 4.88. The number of aryl methyl sites for hydroxylation is 1. The van der Waals surface area contributed by atoms with E-state index in [0.717, 1.165) is 23.2 Å². The Morgan fingerprint density at radius 2 is 1.92 bits per heavy atom. The van der Waals surface area contributed by atoms with Crippen LogP contribution in [0.5, 0.6) is 0 Å². The zero-order valence-electron chi connectivity index (χ0n) is 13.9. The lowest BCUT2D eigenvalue weighted by molar-refractivity contribution is 0.552. The number of hydrogen-bond donors (Lipinski definition) is 0. The summed E-state index contributed by atoms with van der Waals surface area (Å²) < 4.78 is 0. The summed E-state index contributed by atoms with van der Waals surface area (Å²) >= 11 is 12.3. The maximum absolute atomic E-state index is 9.63. The molecule has 2 rings (SSSR count). The Hall–Kier alpha value is -2.02. The molecule has 0 aliphatic rings. The van der Waals surface area contributed by atoms with E-state index in [2.05, 4.69) is 11.1 Å². The van der Waals surface area contributed by atoms with Gasteiger partial charge in [-0.1, -0.05) is 35.3 Å². The SMILES string of the molecule is CCN(C)C=Nc1cc(C)c(C(C#N)c2ccc(Cl)cc2)cc1Cl. The van der Waals surface area contributed by atoms with Crippen LogP contribution >= 0.6 is 23.2 Å². The van der Waals surface area contributed by atoms with Crippen molar-refractivity contribution in [1.29, 1.82) is 5.26 Å². The standard InChI is InChI=1S/C19H19Cl2N3/c1-4-24(3)12-23-19-9-13(2)16(10-18(19)21)17(11-22)14-5-7-15(20)8-6-14/h5-10,12,17H,4H2,1-3H3. The van der Waals surface area contributed by atoms with Gasteiger partial charge in [-0.3, -0.25) is 0 Å². The lowest BCUT2D eigenvalue weighted by atomic mass is 9.89. The van der Waals surface area contributed by atoms with E-state index in [1.54, 1.807) is 18.5 Å². The molecule has 24 heavy (non-hydrogen) atoms. The third kappa shape index (κ3) is 4.29. The van der Waals surface area contributed by atoms with E-state index in [1.165, 1.54) is 0 Å². The van der Waals surface area contributed by atoms with E-state index in [-0.39, 0.29) is 0 Å². The van der Waals surface area contributed by atoms with Gasteiger partial charge >= 0.3 is 0 Å². The Bertz CT molecular complexity index is 776. The predicted octanol–water partition coefficient (Wildman–Crippen LogP) is 5.57. The normalized spacial score (nSPS) is 12.2. The summed E-state index contributed by atoms with van der Waals surface area (Å²) in [6, 6.07) is 13.4. The van der Waals surface area contributed by atoms with E-state index >= 15 is 0 Å². The Labute approximate surface area is 153 Å². The van der Waals surface area contributed by atoms with E-state index in [4.69, 9.17) is 23.2 Å². The third-order valence-corrected chi connectivity index (χ3v) is 4.43. The maximum Gasteiger partial charge on any atom is 0.0965 e. The van der Waals surface area contributed by atoms with Crippen molar-refractivity contribution < 1.29 is 0 Å². The molecule has 0 spiro atoms. The van der Waals surface area contributed by atoms with Crippen molar-refractivity contribution in [3.05, 3.63) is 63.1 Å². The Morgan fingerprint density at radius 3 is 2.50 bits per heavy atom. The van der Waals surface area contributed by atoms with Gasteiger partial charge in [0.2, 0.25) is 0 Å². The van der Waals surface area contributed by atoms with Crippen LogP contribution in [-0.2, 0) is 0 Å². The molecule has 1 atom stereocenters. The lowest BCUT2D eigenvalue weighted by Crippen LogP contribution is -2.14. The van der Waals surface area contributed by atoms with Gasteiger partial charge in [-0.25, -0.2) is 4.99 Å². The molecule has 0 aromatic heterocycles. The topological polar surface area (TPSA) is 39.4 Å². The molecule has 0 bridgehead atoms. The van der Waals surface area contributed by atoms with E-state index in [0.29, 0.717) is 15.7 Å². The molecule has 0 fully saturated rings. The van der Waals surface area contributed by atoms with Gasteiger partial charge in [-0.15, -0.1) is 0 Å². The first kappa shape index (κ1) is 18.3. The van der Waals surface area contributed by atoms with Crippen molar-refractivity contribution in [3.8, 4) is 6.07 Å². The van der Waals surface area contributed by atoms with Crippen LogP contribution in [0.15, 0.2) is 41.4 Å². The molecule has 0 saturated carbocycles. The molecule has 0 aliphatic carbocycles.